The van der Waals surface area contributed by atoms with Crippen molar-refractivity contribution >= 4 is 21.9 Å². The standard InChI is InChI=1S/C21H18O/c1-13-8-4-5-9-16(13)18-12-19-17-10-6-7-11-20(17)22-21(19)15(3)14(18)2/h4-12H,1-3H3. The summed E-state index contributed by atoms with van der Waals surface area (Å²) in [6.45, 7) is 6.51. The zero-order valence-corrected chi connectivity index (χ0v) is 13.1. The van der Waals surface area contributed by atoms with E-state index in [2.05, 4.69) is 63.2 Å². The summed E-state index contributed by atoms with van der Waals surface area (Å²) in [6.07, 6.45) is 0. The van der Waals surface area contributed by atoms with Crippen LogP contribution in [0.1, 0.15) is 16.7 Å². The van der Waals surface area contributed by atoms with Crippen LogP contribution in [0.15, 0.2) is 59.0 Å². The average Bonchev–Trinajstić information content (AvgIpc) is 2.91. The van der Waals surface area contributed by atoms with E-state index in [1.165, 1.54) is 38.6 Å². The highest BCUT2D eigenvalue weighted by Crippen LogP contribution is 2.38. The summed E-state index contributed by atoms with van der Waals surface area (Å²) >= 11 is 0. The molecule has 0 saturated carbocycles. The molecule has 1 nitrogen and oxygen atoms in total. The third kappa shape index (κ3) is 1.79. The molecule has 0 spiro atoms. The van der Waals surface area contributed by atoms with Crippen molar-refractivity contribution in [1.29, 1.82) is 0 Å². The Kier molecular flexibility index (Phi) is 2.83. The zero-order valence-electron chi connectivity index (χ0n) is 13.1. The molecule has 1 heteroatoms. The summed E-state index contributed by atoms with van der Waals surface area (Å²) < 4.78 is 6.09. The SMILES string of the molecule is Cc1ccccc1-c1cc2c(oc3ccccc32)c(C)c1C. The first-order chi connectivity index (χ1) is 10.7. The smallest absolute Gasteiger partial charge is 0.138 e. The van der Waals surface area contributed by atoms with Crippen molar-refractivity contribution in [3.63, 3.8) is 0 Å². The molecule has 4 aromatic rings. The Labute approximate surface area is 130 Å². The van der Waals surface area contributed by atoms with Gasteiger partial charge in [0.1, 0.15) is 11.2 Å². The van der Waals surface area contributed by atoms with Crippen molar-refractivity contribution in [3.05, 3.63) is 71.3 Å². The van der Waals surface area contributed by atoms with E-state index in [0.29, 0.717) is 0 Å². The lowest BCUT2D eigenvalue weighted by molar-refractivity contribution is 0.665. The van der Waals surface area contributed by atoms with Gasteiger partial charge < -0.3 is 4.42 Å². The molecule has 0 amide bonds. The number of para-hydroxylation sites is 1. The number of hydrogen-bond acceptors (Lipinski definition) is 1. The summed E-state index contributed by atoms with van der Waals surface area (Å²) in [5.41, 5.74) is 8.40. The van der Waals surface area contributed by atoms with Gasteiger partial charge in [0, 0.05) is 10.8 Å². The third-order valence-electron chi connectivity index (χ3n) is 4.66. The molecule has 0 saturated heterocycles. The second kappa shape index (κ2) is 4.74. The van der Waals surface area contributed by atoms with Crippen LogP contribution in [0.5, 0.6) is 0 Å². The van der Waals surface area contributed by atoms with Gasteiger partial charge in [-0.1, -0.05) is 42.5 Å². The molecular formula is C21H18O. The first-order valence-electron chi connectivity index (χ1n) is 7.64. The molecule has 1 aromatic heterocycles. The van der Waals surface area contributed by atoms with E-state index in [9.17, 15) is 0 Å². The monoisotopic (exact) mass is 286 g/mol. The van der Waals surface area contributed by atoms with Crippen molar-refractivity contribution in [2.45, 2.75) is 20.8 Å². The molecule has 0 radical (unpaired) electrons. The van der Waals surface area contributed by atoms with Gasteiger partial charge >= 0.3 is 0 Å². The Hall–Kier alpha value is -2.54. The lowest BCUT2D eigenvalue weighted by atomic mass is 9.92. The maximum absolute atomic E-state index is 6.09. The number of hydrogen-bond donors (Lipinski definition) is 0. The number of furan rings is 1. The van der Waals surface area contributed by atoms with Gasteiger partial charge in [0.2, 0.25) is 0 Å². The van der Waals surface area contributed by atoms with Crippen molar-refractivity contribution in [2.24, 2.45) is 0 Å². The second-order valence-electron chi connectivity index (χ2n) is 5.96. The van der Waals surface area contributed by atoms with Gasteiger partial charge in [-0.05, 0) is 60.7 Å². The van der Waals surface area contributed by atoms with E-state index < -0.39 is 0 Å². The molecule has 0 fully saturated rings. The topological polar surface area (TPSA) is 13.1 Å². The maximum Gasteiger partial charge on any atom is 0.138 e. The lowest BCUT2D eigenvalue weighted by Crippen LogP contribution is -1.90. The van der Waals surface area contributed by atoms with Gasteiger partial charge in [-0.3, -0.25) is 0 Å². The first kappa shape index (κ1) is 13.1. The predicted molar refractivity (Wildman–Crippen MR) is 93.4 cm³/mol. The van der Waals surface area contributed by atoms with Crippen LogP contribution in [-0.4, -0.2) is 0 Å². The predicted octanol–water partition coefficient (Wildman–Crippen LogP) is 6.18. The molecule has 4 rings (SSSR count). The highest BCUT2D eigenvalue weighted by molar-refractivity contribution is 6.08. The van der Waals surface area contributed by atoms with Crippen molar-refractivity contribution in [3.8, 4) is 11.1 Å². The van der Waals surface area contributed by atoms with E-state index >= 15 is 0 Å². The number of benzene rings is 3. The summed E-state index contributed by atoms with van der Waals surface area (Å²) in [7, 11) is 0. The van der Waals surface area contributed by atoms with Crippen LogP contribution in [0.2, 0.25) is 0 Å². The second-order valence-corrected chi connectivity index (χ2v) is 5.96. The van der Waals surface area contributed by atoms with E-state index in [1.807, 2.05) is 12.1 Å². The molecular weight excluding hydrogens is 268 g/mol. The first-order valence-corrected chi connectivity index (χ1v) is 7.64. The fourth-order valence-electron chi connectivity index (χ4n) is 3.27. The molecule has 22 heavy (non-hydrogen) atoms. The number of aryl methyl sites for hydroxylation is 2. The van der Waals surface area contributed by atoms with Crippen molar-refractivity contribution in [2.75, 3.05) is 0 Å². The normalized spacial score (nSPS) is 11.4. The maximum atomic E-state index is 6.09. The van der Waals surface area contributed by atoms with E-state index in [1.54, 1.807) is 0 Å². The summed E-state index contributed by atoms with van der Waals surface area (Å²) in [6, 6.07) is 19.1. The zero-order chi connectivity index (χ0) is 15.3. The highest BCUT2D eigenvalue weighted by atomic mass is 16.3. The Morgan fingerprint density at radius 2 is 1.41 bits per heavy atom. The minimum Gasteiger partial charge on any atom is -0.456 e. The van der Waals surface area contributed by atoms with Crippen LogP contribution in [0, 0.1) is 20.8 Å². The molecule has 1 heterocycles. The summed E-state index contributed by atoms with van der Waals surface area (Å²) in [5.74, 6) is 0. The number of fused-ring (bicyclic) bond motifs is 3. The average molecular weight is 286 g/mol. The third-order valence-corrected chi connectivity index (χ3v) is 4.66. The minimum absolute atomic E-state index is 0.960. The van der Waals surface area contributed by atoms with Gasteiger partial charge in [-0.25, -0.2) is 0 Å². The molecule has 0 unspecified atom stereocenters. The van der Waals surface area contributed by atoms with Crippen molar-refractivity contribution in [1.82, 2.24) is 0 Å². The van der Waals surface area contributed by atoms with Gasteiger partial charge in [-0.2, -0.15) is 0 Å². The van der Waals surface area contributed by atoms with Crippen LogP contribution in [0.4, 0.5) is 0 Å². The van der Waals surface area contributed by atoms with Gasteiger partial charge in [0.25, 0.3) is 0 Å². The van der Waals surface area contributed by atoms with Crippen LogP contribution in [-0.2, 0) is 0 Å². The van der Waals surface area contributed by atoms with Crippen LogP contribution in [0.25, 0.3) is 33.1 Å². The molecule has 0 atom stereocenters. The molecule has 0 aliphatic heterocycles. The number of rotatable bonds is 1. The van der Waals surface area contributed by atoms with Crippen molar-refractivity contribution < 1.29 is 4.42 Å². The fraction of sp³-hybridized carbons (Fsp3) is 0.143. The Balaban J connectivity index is 2.14. The lowest BCUT2D eigenvalue weighted by Gasteiger charge is -2.12. The molecule has 0 bridgehead atoms. The largest absolute Gasteiger partial charge is 0.456 e. The molecule has 108 valence electrons. The summed E-state index contributed by atoms with van der Waals surface area (Å²) in [5, 5.41) is 2.40. The van der Waals surface area contributed by atoms with Gasteiger partial charge in [0.15, 0.2) is 0 Å². The minimum atomic E-state index is 0.960. The van der Waals surface area contributed by atoms with Crippen LogP contribution < -0.4 is 0 Å². The molecule has 0 aliphatic carbocycles. The van der Waals surface area contributed by atoms with Crippen LogP contribution >= 0.6 is 0 Å². The Morgan fingerprint density at radius 3 is 2.23 bits per heavy atom. The quantitative estimate of drug-likeness (QED) is 0.407. The Morgan fingerprint density at radius 1 is 0.682 bits per heavy atom. The molecule has 0 N–H and O–H groups in total. The Bertz CT molecular complexity index is 1010. The molecule has 0 aliphatic rings. The van der Waals surface area contributed by atoms with E-state index in [0.717, 1.165) is 11.2 Å². The molecule has 3 aromatic carbocycles. The fourth-order valence-corrected chi connectivity index (χ4v) is 3.27. The van der Waals surface area contributed by atoms with E-state index in [4.69, 9.17) is 4.42 Å². The highest BCUT2D eigenvalue weighted by Gasteiger charge is 2.15. The van der Waals surface area contributed by atoms with Crippen LogP contribution in [0.3, 0.4) is 0 Å². The van der Waals surface area contributed by atoms with Gasteiger partial charge in [-0.15, -0.1) is 0 Å². The van der Waals surface area contributed by atoms with Gasteiger partial charge in [0.05, 0.1) is 0 Å². The van der Waals surface area contributed by atoms with E-state index in [-0.39, 0.29) is 0 Å². The summed E-state index contributed by atoms with van der Waals surface area (Å²) in [4.78, 5) is 0.